The molecule has 0 radical (unpaired) electrons. The molecule has 0 spiro atoms. The largest absolute Gasteiger partial charge is 0.494 e. The normalized spacial score (nSPS) is 13.3. The fourth-order valence-electron chi connectivity index (χ4n) is 7.39. The van der Waals surface area contributed by atoms with Crippen molar-refractivity contribution < 1.29 is 19.4 Å². The van der Waals surface area contributed by atoms with Crippen molar-refractivity contribution in [2.45, 2.75) is 53.5 Å². The van der Waals surface area contributed by atoms with Crippen LogP contribution in [0.5, 0.6) is 5.75 Å². The Hall–Kier alpha value is -4.86. The molecule has 0 saturated carbocycles. The number of amides is 1. The van der Waals surface area contributed by atoms with Crippen LogP contribution in [0.3, 0.4) is 0 Å². The molecule has 256 valence electrons. The SMILES string of the molecule is Cc1cc(OCCCc2c3n(c4c(-c5c(C)ncnc5C)c(Cl)ccc24)CCCN(c2cn(C)c4cc(C(=O)O)ccc24)C3=O)cc(C)c1Cl. The van der Waals surface area contributed by atoms with E-state index in [1.54, 1.807) is 24.5 Å². The number of ether oxygens (including phenoxy) is 1. The average Bonchev–Trinajstić information content (AvgIpc) is 3.51. The first-order chi connectivity index (χ1) is 24.0. The lowest BCUT2D eigenvalue weighted by atomic mass is 9.97. The van der Waals surface area contributed by atoms with E-state index < -0.39 is 5.97 Å². The van der Waals surface area contributed by atoms with Gasteiger partial charge in [0.05, 0.1) is 33.9 Å². The Bertz CT molecular complexity index is 2320. The quantitative estimate of drug-likeness (QED) is 0.158. The molecule has 0 atom stereocenters. The van der Waals surface area contributed by atoms with Crippen LogP contribution in [0.15, 0.2) is 55.0 Å². The zero-order valence-electron chi connectivity index (χ0n) is 28.6. The fourth-order valence-corrected chi connectivity index (χ4v) is 7.75. The van der Waals surface area contributed by atoms with Crippen LogP contribution in [-0.2, 0) is 20.0 Å². The maximum Gasteiger partial charge on any atom is 0.335 e. The number of aryl methyl sites for hydroxylation is 7. The summed E-state index contributed by atoms with van der Waals surface area (Å²) in [5, 5.41) is 12.7. The molecule has 0 aliphatic carbocycles. The molecule has 11 heteroatoms. The van der Waals surface area contributed by atoms with E-state index in [1.807, 2.05) is 74.7 Å². The minimum atomic E-state index is -0.997. The zero-order chi connectivity index (χ0) is 35.4. The van der Waals surface area contributed by atoms with Crippen LogP contribution >= 0.6 is 23.2 Å². The van der Waals surface area contributed by atoms with Crippen molar-refractivity contribution in [3.8, 4) is 16.9 Å². The molecule has 7 rings (SSSR count). The highest BCUT2D eigenvalue weighted by Gasteiger charge is 2.33. The van der Waals surface area contributed by atoms with E-state index in [-0.39, 0.29) is 11.5 Å². The molecule has 0 saturated heterocycles. The number of aromatic carboxylic acids is 1. The fraction of sp³-hybridized carbons (Fsp3) is 0.282. The second-order valence-corrected chi connectivity index (χ2v) is 13.8. The summed E-state index contributed by atoms with van der Waals surface area (Å²) in [5.41, 5.74) is 9.35. The van der Waals surface area contributed by atoms with E-state index in [9.17, 15) is 14.7 Å². The number of rotatable bonds is 8. The number of carbonyl (C=O) groups is 2. The van der Waals surface area contributed by atoms with Gasteiger partial charge in [-0.3, -0.25) is 4.79 Å². The number of nitrogens with zero attached hydrogens (tertiary/aromatic N) is 5. The number of halogens is 2. The molecule has 6 aromatic rings. The van der Waals surface area contributed by atoms with Crippen LogP contribution in [0, 0.1) is 27.7 Å². The summed E-state index contributed by atoms with van der Waals surface area (Å²) in [6.45, 7) is 9.37. The highest BCUT2D eigenvalue weighted by atomic mass is 35.5. The van der Waals surface area contributed by atoms with Crippen LogP contribution in [0.2, 0.25) is 10.0 Å². The first-order valence-electron chi connectivity index (χ1n) is 16.6. The van der Waals surface area contributed by atoms with Gasteiger partial charge in [0, 0.05) is 64.6 Å². The van der Waals surface area contributed by atoms with E-state index in [2.05, 4.69) is 14.5 Å². The van der Waals surface area contributed by atoms with Gasteiger partial charge in [-0.05, 0) is 100 Å². The van der Waals surface area contributed by atoms with Crippen molar-refractivity contribution in [3.63, 3.8) is 0 Å². The van der Waals surface area contributed by atoms with Crippen molar-refractivity contribution >= 4 is 62.6 Å². The number of carboxylic acids is 1. The first kappa shape index (κ1) is 33.6. The second kappa shape index (κ2) is 13.1. The van der Waals surface area contributed by atoms with Crippen LogP contribution in [0.4, 0.5) is 5.69 Å². The number of hydrogen-bond acceptors (Lipinski definition) is 5. The van der Waals surface area contributed by atoms with E-state index in [1.165, 1.54) is 0 Å². The summed E-state index contributed by atoms with van der Waals surface area (Å²) in [6, 6.07) is 12.8. The Kier molecular flexibility index (Phi) is 8.82. The Morgan fingerprint density at radius 2 is 1.64 bits per heavy atom. The predicted molar refractivity (Wildman–Crippen MR) is 198 cm³/mol. The average molecular weight is 711 g/mol. The number of benzene rings is 3. The lowest BCUT2D eigenvalue weighted by Crippen LogP contribution is -2.31. The standard InChI is InChI=1S/C39H37Cl2N5O4/c1-21-16-26(17-22(2)35(21)41)50-15-6-8-27-28-11-12-30(40)34(33-23(3)42-20-43-24(33)4)36(28)46-14-7-13-45(38(47)37(27)46)32-19-44(5)31-18-25(39(48)49)9-10-29(31)32/h9-12,16-20H,6-8,13-15H2,1-5H3,(H,48,49). The maximum atomic E-state index is 15.0. The molecular formula is C39H37Cl2N5O4. The third kappa shape index (κ3) is 5.68. The van der Waals surface area contributed by atoms with Crippen LogP contribution in [-0.4, -0.2) is 49.2 Å². The Labute approximate surface area is 300 Å². The molecule has 9 nitrogen and oxygen atoms in total. The molecule has 1 amide bonds. The first-order valence-corrected chi connectivity index (χ1v) is 17.4. The maximum absolute atomic E-state index is 15.0. The minimum Gasteiger partial charge on any atom is -0.494 e. The smallest absolute Gasteiger partial charge is 0.335 e. The van der Waals surface area contributed by atoms with Crippen LogP contribution in [0.1, 0.15) is 61.8 Å². The van der Waals surface area contributed by atoms with Gasteiger partial charge in [0.15, 0.2) is 0 Å². The lowest BCUT2D eigenvalue weighted by Gasteiger charge is -2.20. The molecule has 0 bridgehead atoms. The van der Waals surface area contributed by atoms with Crippen molar-refractivity contribution in [1.29, 1.82) is 0 Å². The minimum absolute atomic E-state index is 0.117. The van der Waals surface area contributed by atoms with Gasteiger partial charge in [0.2, 0.25) is 0 Å². The van der Waals surface area contributed by atoms with Crippen molar-refractivity contribution in [3.05, 3.63) is 104 Å². The summed E-state index contributed by atoms with van der Waals surface area (Å²) in [4.78, 5) is 37.6. The second-order valence-electron chi connectivity index (χ2n) is 13.0. The number of fused-ring (bicyclic) bond motifs is 4. The molecule has 1 aliphatic heterocycles. The zero-order valence-corrected chi connectivity index (χ0v) is 30.1. The number of carboxylic acid groups (broad SMARTS) is 1. The summed E-state index contributed by atoms with van der Waals surface area (Å²) < 4.78 is 10.2. The van der Waals surface area contributed by atoms with Gasteiger partial charge < -0.3 is 23.9 Å². The Balaban J connectivity index is 1.36. The number of carbonyl (C=O) groups excluding carboxylic acids is 1. The van der Waals surface area contributed by atoms with Gasteiger partial charge >= 0.3 is 5.97 Å². The summed E-state index contributed by atoms with van der Waals surface area (Å²) in [5.74, 6) is -0.352. The van der Waals surface area contributed by atoms with Gasteiger partial charge in [-0.2, -0.15) is 0 Å². The van der Waals surface area contributed by atoms with Crippen molar-refractivity contribution in [1.82, 2.24) is 19.1 Å². The molecule has 3 aromatic carbocycles. The number of aromatic nitrogens is 4. The molecule has 0 fully saturated rings. The molecule has 4 heterocycles. The van der Waals surface area contributed by atoms with Gasteiger partial charge in [-0.15, -0.1) is 0 Å². The molecular weight excluding hydrogens is 673 g/mol. The van der Waals surface area contributed by atoms with Crippen LogP contribution < -0.4 is 9.64 Å². The highest BCUT2D eigenvalue weighted by molar-refractivity contribution is 6.35. The van der Waals surface area contributed by atoms with E-state index in [4.69, 9.17) is 27.9 Å². The highest BCUT2D eigenvalue weighted by Crippen LogP contribution is 2.43. The third-order valence-corrected chi connectivity index (χ3v) is 10.6. The molecule has 0 unspecified atom stereocenters. The van der Waals surface area contributed by atoms with Crippen molar-refractivity contribution in [2.24, 2.45) is 7.05 Å². The third-order valence-electron chi connectivity index (χ3n) is 9.72. The molecule has 50 heavy (non-hydrogen) atoms. The molecule has 1 aliphatic rings. The van der Waals surface area contributed by atoms with Crippen LogP contribution in [0.25, 0.3) is 32.9 Å². The molecule has 1 N–H and O–H groups in total. The van der Waals surface area contributed by atoms with Gasteiger partial charge in [-0.25, -0.2) is 14.8 Å². The van der Waals surface area contributed by atoms with E-state index >= 15 is 0 Å². The Morgan fingerprint density at radius 3 is 2.34 bits per heavy atom. The number of hydrogen-bond donors (Lipinski definition) is 1. The van der Waals surface area contributed by atoms with Gasteiger partial charge in [0.1, 0.15) is 17.8 Å². The summed E-state index contributed by atoms with van der Waals surface area (Å²) in [6.07, 6.45) is 5.41. The summed E-state index contributed by atoms with van der Waals surface area (Å²) in [7, 11) is 1.87. The lowest BCUT2D eigenvalue weighted by molar-refractivity contribution is 0.0696. The monoisotopic (exact) mass is 709 g/mol. The van der Waals surface area contributed by atoms with Gasteiger partial charge in [-0.1, -0.05) is 29.3 Å². The van der Waals surface area contributed by atoms with Crippen molar-refractivity contribution in [2.75, 3.05) is 18.1 Å². The number of anilines is 1. The van der Waals surface area contributed by atoms with E-state index in [0.29, 0.717) is 49.7 Å². The topological polar surface area (TPSA) is 102 Å². The van der Waals surface area contributed by atoms with Gasteiger partial charge in [0.25, 0.3) is 5.91 Å². The Morgan fingerprint density at radius 1 is 0.940 bits per heavy atom. The van der Waals surface area contributed by atoms with E-state index in [0.717, 1.165) is 77.5 Å². The summed E-state index contributed by atoms with van der Waals surface area (Å²) >= 11 is 13.4. The molecule has 3 aromatic heterocycles. The predicted octanol–water partition coefficient (Wildman–Crippen LogP) is 8.89.